The molecule has 2 heterocycles. The third kappa shape index (κ3) is 5.24. The molecule has 1 aromatic heterocycles. The van der Waals surface area contributed by atoms with Gasteiger partial charge in [-0.05, 0) is 23.8 Å². The topological polar surface area (TPSA) is 91.8 Å². The number of halogens is 3. The Labute approximate surface area is 164 Å². The van der Waals surface area contributed by atoms with Crippen LogP contribution in [0.15, 0.2) is 57.4 Å². The number of alkyl halides is 3. The van der Waals surface area contributed by atoms with Crippen LogP contribution in [0.3, 0.4) is 0 Å². The van der Waals surface area contributed by atoms with E-state index in [1.165, 1.54) is 22.5 Å². The first-order valence-corrected chi connectivity index (χ1v) is 10.1. The fraction of sp³-hybridized carbons (Fsp3) is 0.333. The van der Waals surface area contributed by atoms with Crippen molar-refractivity contribution in [2.24, 2.45) is 5.16 Å². The molecular formula is C18H18F3N3O4S. The Hall–Kier alpha value is -2.66. The van der Waals surface area contributed by atoms with E-state index in [0.29, 0.717) is 24.1 Å². The summed E-state index contributed by atoms with van der Waals surface area (Å²) in [7, 11) is -3.72. The van der Waals surface area contributed by atoms with Crippen LogP contribution in [0.5, 0.6) is 0 Å². The molecule has 1 aliphatic rings. The lowest BCUT2D eigenvalue weighted by atomic mass is 10.1. The summed E-state index contributed by atoms with van der Waals surface area (Å²) in [4.78, 5) is 18.6. The first kappa shape index (κ1) is 21.1. The lowest BCUT2D eigenvalue weighted by molar-refractivity contribution is -0.137. The minimum absolute atomic E-state index is 0.00159. The van der Waals surface area contributed by atoms with Gasteiger partial charge in [0, 0.05) is 38.2 Å². The van der Waals surface area contributed by atoms with E-state index >= 15 is 0 Å². The van der Waals surface area contributed by atoms with Crippen LogP contribution in [0.25, 0.3) is 0 Å². The van der Waals surface area contributed by atoms with Crippen LogP contribution in [0.1, 0.15) is 24.0 Å². The van der Waals surface area contributed by atoms with E-state index in [2.05, 4.69) is 10.1 Å². The first-order valence-electron chi connectivity index (χ1n) is 8.69. The Morgan fingerprint density at radius 3 is 2.48 bits per heavy atom. The number of oxime groups is 1. The van der Waals surface area contributed by atoms with Crippen LogP contribution in [0.4, 0.5) is 13.2 Å². The molecule has 0 unspecified atom stereocenters. The Balaban J connectivity index is 1.56. The van der Waals surface area contributed by atoms with E-state index in [0.717, 1.165) is 24.4 Å². The maximum absolute atomic E-state index is 12.7. The highest BCUT2D eigenvalue weighted by molar-refractivity contribution is 7.89. The lowest BCUT2D eigenvalue weighted by Gasteiger charge is -2.26. The standard InChI is InChI=1S/C18H18F3N3O4S/c19-18(20,21)14-3-1-2-13(10-14)12-28-23-15-6-8-24(9-7-15)29(26,27)16-4-5-17(25)22-11-16/h1-5,10-11H,6-9,12H2,(H,22,25). The van der Waals surface area contributed by atoms with Crippen molar-refractivity contribution in [3.63, 3.8) is 0 Å². The number of piperidine rings is 1. The van der Waals surface area contributed by atoms with Gasteiger partial charge in [-0.1, -0.05) is 17.3 Å². The summed E-state index contributed by atoms with van der Waals surface area (Å²) in [6.07, 6.45) is -2.60. The largest absolute Gasteiger partial charge is 0.416 e. The number of H-pyrrole nitrogens is 1. The molecule has 0 saturated carbocycles. The second-order valence-electron chi connectivity index (χ2n) is 6.42. The van der Waals surface area contributed by atoms with Gasteiger partial charge in [0.15, 0.2) is 0 Å². The first-order chi connectivity index (χ1) is 13.7. The molecule has 1 aromatic carbocycles. The highest BCUT2D eigenvalue weighted by atomic mass is 32.2. The van der Waals surface area contributed by atoms with Gasteiger partial charge in [-0.2, -0.15) is 17.5 Å². The maximum atomic E-state index is 12.7. The van der Waals surface area contributed by atoms with Gasteiger partial charge in [0.25, 0.3) is 0 Å². The van der Waals surface area contributed by atoms with Crippen LogP contribution >= 0.6 is 0 Å². The maximum Gasteiger partial charge on any atom is 0.416 e. The Morgan fingerprint density at radius 2 is 1.86 bits per heavy atom. The van der Waals surface area contributed by atoms with E-state index in [4.69, 9.17) is 4.84 Å². The number of sulfonamides is 1. The summed E-state index contributed by atoms with van der Waals surface area (Å²) in [5, 5.41) is 3.94. The zero-order valence-corrected chi connectivity index (χ0v) is 16.0. The molecular weight excluding hydrogens is 411 g/mol. The zero-order valence-electron chi connectivity index (χ0n) is 15.1. The molecule has 1 aliphatic heterocycles. The summed E-state index contributed by atoms with van der Waals surface area (Å²) in [5.74, 6) is 0. The summed E-state index contributed by atoms with van der Waals surface area (Å²) in [6, 6.07) is 7.18. The molecule has 29 heavy (non-hydrogen) atoms. The molecule has 156 valence electrons. The molecule has 11 heteroatoms. The highest BCUT2D eigenvalue weighted by Gasteiger charge is 2.30. The minimum Gasteiger partial charge on any atom is -0.391 e. The number of nitrogens with one attached hydrogen (secondary N) is 1. The summed E-state index contributed by atoms with van der Waals surface area (Å²) in [5.41, 5.74) is -0.186. The number of pyridine rings is 1. The number of hydrogen-bond acceptors (Lipinski definition) is 5. The van der Waals surface area contributed by atoms with E-state index in [1.54, 1.807) is 0 Å². The Kier molecular flexibility index (Phi) is 6.08. The van der Waals surface area contributed by atoms with Gasteiger partial charge in [-0.25, -0.2) is 8.42 Å². The van der Waals surface area contributed by atoms with Crippen molar-refractivity contribution in [1.29, 1.82) is 0 Å². The van der Waals surface area contributed by atoms with Crippen molar-refractivity contribution >= 4 is 15.7 Å². The number of aromatic amines is 1. The van der Waals surface area contributed by atoms with Gasteiger partial charge < -0.3 is 9.82 Å². The SMILES string of the molecule is O=c1ccc(S(=O)(=O)N2CCC(=NOCc3cccc(C(F)(F)F)c3)CC2)c[nH]1. The predicted molar refractivity (Wildman–Crippen MR) is 98.7 cm³/mol. The van der Waals surface area contributed by atoms with Crippen LogP contribution in [-0.2, 0) is 27.6 Å². The van der Waals surface area contributed by atoms with Gasteiger partial charge >= 0.3 is 6.18 Å². The van der Waals surface area contributed by atoms with E-state index < -0.39 is 27.3 Å². The third-order valence-corrected chi connectivity index (χ3v) is 6.27. The second kappa shape index (κ2) is 8.37. The van der Waals surface area contributed by atoms with Crippen LogP contribution in [-0.4, -0.2) is 36.5 Å². The highest BCUT2D eigenvalue weighted by Crippen LogP contribution is 2.29. The molecule has 1 fully saturated rings. The van der Waals surface area contributed by atoms with Gasteiger partial charge in [-0.15, -0.1) is 0 Å². The van der Waals surface area contributed by atoms with E-state index in [-0.39, 0.29) is 24.6 Å². The van der Waals surface area contributed by atoms with Crippen LogP contribution in [0, 0.1) is 0 Å². The zero-order chi connectivity index (χ0) is 21.1. The second-order valence-corrected chi connectivity index (χ2v) is 8.36. The predicted octanol–water partition coefficient (Wildman–Crippen LogP) is 2.75. The number of rotatable bonds is 5. The average molecular weight is 429 g/mol. The van der Waals surface area contributed by atoms with Gasteiger partial charge in [0.05, 0.1) is 16.2 Å². The normalized spacial score (nSPS) is 15.9. The van der Waals surface area contributed by atoms with Crippen molar-refractivity contribution in [3.05, 3.63) is 64.1 Å². The smallest absolute Gasteiger partial charge is 0.391 e. The van der Waals surface area contributed by atoms with Crippen molar-refractivity contribution in [1.82, 2.24) is 9.29 Å². The van der Waals surface area contributed by atoms with E-state index in [1.807, 2.05) is 0 Å². The quantitative estimate of drug-likeness (QED) is 0.740. The minimum atomic E-state index is -4.42. The van der Waals surface area contributed by atoms with Gasteiger partial charge in [-0.3, -0.25) is 4.79 Å². The number of hydrogen-bond donors (Lipinski definition) is 1. The molecule has 0 aliphatic carbocycles. The molecule has 0 radical (unpaired) electrons. The fourth-order valence-electron chi connectivity index (χ4n) is 2.82. The Bertz CT molecular complexity index is 1030. The van der Waals surface area contributed by atoms with Crippen molar-refractivity contribution in [2.45, 2.75) is 30.5 Å². The number of nitrogens with zero attached hydrogens (tertiary/aromatic N) is 2. The Morgan fingerprint density at radius 1 is 1.14 bits per heavy atom. The monoisotopic (exact) mass is 429 g/mol. The average Bonchev–Trinajstić information content (AvgIpc) is 2.68. The lowest BCUT2D eigenvalue weighted by Crippen LogP contribution is -2.38. The van der Waals surface area contributed by atoms with E-state index in [9.17, 15) is 26.4 Å². The molecule has 0 atom stereocenters. The number of aromatic nitrogens is 1. The molecule has 0 bridgehead atoms. The van der Waals surface area contributed by atoms with Gasteiger partial charge in [0.1, 0.15) is 6.61 Å². The molecule has 1 N–H and O–H groups in total. The molecule has 7 nitrogen and oxygen atoms in total. The van der Waals surface area contributed by atoms with Crippen LogP contribution in [0.2, 0.25) is 0 Å². The molecule has 0 amide bonds. The molecule has 2 aromatic rings. The fourth-order valence-corrected chi connectivity index (χ4v) is 4.23. The summed E-state index contributed by atoms with van der Waals surface area (Å²) >= 11 is 0. The number of benzene rings is 1. The van der Waals surface area contributed by atoms with Crippen molar-refractivity contribution in [3.8, 4) is 0 Å². The molecule has 1 saturated heterocycles. The van der Waals surface area contributed by atoms with Crippen molar-refractivity contribution in [2.75, 3.05) is 13.1 Å². The van der Waals surface area contributed by atoms with Crippen molar-refractivity contribution < 1.29 is 26.4 Å². The van der Waals surface area contributed by atoms with Crippen LogP contribution < -0.4 is 5.56 Å². The van der Waals surface area contributed by atoms with Gasteiger partial charge in [0.2, 0.25) is 15.6 Å². The summed E-state index contributed by atoms with van der Waals surface area (Å²) < 4.78 is 64.6. The summed E-state index contributed by atoms with van der Waals surface area (Å²) in [6.45, 7) is 0.257. The molecule has 3 rings (SSSR count). The molecule has 0 spiro atoms. The third-order valence-electron chi connectivity index (χ3n) is 4.37.